The Bertz CT molecular complexity index is 469. The predicted octanol–water partition coefficient (Wildman–Crippen LogP) is 2.76. The van der Waals surface area contributed by atoms with Gasteiger partial charge in [0.2, 0.25) is 0 Å². The number of anilines is 1. The summed E-state index contributed by atoms with van der Waals surface area (Å²) in [5, 5.41) is 0. The van der Waals surface area contributed by atoms with Crippen LogP contribution in [0.5, 0.6) is 0 Å². The summed E-state index contributed by atoms with van der Waals surface area (Å²) in [5.74, 6) is 2.94. The van der Waals surface area contributed by atoms with E-state index in [-0.39, 0.29) is 6.54 Å². The quantitative estimate of drug-likeness (QED) is 0.753. The lowest BCUT2D eigenvalue weighted by molar-refractivity contribution is 0.0584. The third-order valence-electron chi connectivity index (χ3n) is 2.01. The van der Waals surface area contributed by atoms with E-state index in [2.05, 4.69) is 10.9 Å². The molecule has 0 aliphatic heterocycles. The van der Waals surface area contributed by atoms with Crippen LogP contribution in [-0.2, 0) is 4.74 Å². The Kier molecular flexibility index (Phi) is 4.33. The molecular formula is C14H18N2O2. The van der Waals surface area contributed by atoms with Crippen LogP contribution < -0.4 is 4.90 Å². The van der Waals surface area contributed by atoms with E-state index in [9.17, 15) is 4.79 Å². The van der Waals surface area contributed by atoms with Gasteiger partial charge in [-0.3, -0.25) is 0 Å². The first-order valence-corrected chi connectivity index (χ1v) is 5.71. The van der Waals surface area contributed by atoms with Crippen molar-refractivity contribution >= 4 is 11.9 Å². The Morgan fingerprint density at radius 1 is 1.50 bits per heavy atom. The molecule has 0 saturated heterocycles. The highest BCUT2D eigenvalue weighted by Crippen LogP contribution is 2.16. The standard InChI is InChI=1S/C14H18N2O2/c1-6-10-16(13(17)18-14(3,4)5)12-9-7-8-11(2)15-12/h1,7-9H,10H2,2-5H3. The van der Waals surface area contributed by atoms with Crippen LogP contribution >= 0.6 is 0 Å². The van der Waals surface area contributed by atoms with Crippen LogP contribution in [0.4, 0.5) is 10.6 Å². The van der Waals surface area contributed by atoms with Gasteiger partial charge in [0.05, 0.1) is 6.54 Å². The van der Waals surface area contributed by atoms with E-state index in [1.54, 1.807) is 6.07 Å². The van der Waals surface area contributed by atoms with Crippen LogP contribution in [-0.4, -0.2) is 23.2 Å². The Balaban J connectivity index is 2.96. The summed E-state index contributed by atoms with van der Waals surface area (Å²) in [6.07, 6.45) is 4.79. The van der Waals surface area contributed by atoms with Gasteiger partial charge in [-0.1, -0.05) is 12.0 Å². The monoisotopic (exact) mass is 246 g/mol. The van der Waals surface area contributed by atoms with Gasteiger partial charge in [0.1, 0.15) is 11.4 Å². The highest BCUT2D eigenvalue weighted by atomic mass is 16.6. The second-order valence-corrected chi connectivity index (χ2v) is 4.91. The van der Waals surface area contributed by atoms with Crippen LogP contribution in [0.3, 0.4) is 0 Å². The summed E-state index contributed by atoms with van der Waals surface area (Å²) in [4.78, 5) is 17.6. The fourth-order valence-corrected chi connectivity index (χ4v) is 1.33. The normalized spacial score (nSPS) is 10.6. The molecule has 0 N–H and O–H groups in total. The minimum Gasteiger partial charge on any atom is -0.443 e. The number of ether oxygens (including phenoxy) is 1. The Morgan fingerprint density at radius 3 is 2.67 bits per heavy atom. The summed E-state index contributed by atoms with van der Waals surface area (Å²) < 4.78 is 5.30. The zero-order chi connectivity index (χ0) is 13.8. The van der Waals surface area contributed by atoms with Crippen molar-refractivity contribution in [2.45, 2.75) is 33.3 Å². The number of carbonyl (C=O) groups excluding carboxylic acids is 1. The Labute approximate surface area is 108 Å². The number of terminal acetylenes is 1. The van der Waals surface area contributed by atoms with Gasteiger partial charge in [-0.25, -0.2) is 14.7 Å². The van der Waals surface area contributed by atoms with E-state index in [0.717, 1.165) is 5.69 Å². The molecule has 96 valence electrons. The van der Waals surface area contributed by atoms with Gasteiger partial charge in [-0.05, 0) is 39.8 Å². The molecule has 4 nitrogen and oxygen atoms in total. The molecule has 0 unspecified atom stereocenters. The van der Waals surface area contributed by atoms with Crippen molar-refractivity contribution in [3.63, 3.8) is 0 Å². The maximum Gasteiger partial charge on any atom is 0.416 e. The van der Waals surface area contributed by atoms with Crippen LogP contribution in [0, 0.1) is 19.3 Å². The molecule has 0 atom stereocenters. The molecule has 1 aromatic heterocycles. The zero-order valence-electron chi connectivity index (χ0n) is 11.2. The number of pyridine rings is 1. The lowest BCUT2D eigenvalue weighted by atomic mass is 10.2. The second-order valence-electron chi connectivity index (χ2n) is 4.91. The average Bonchev–Trinajstić information content (AvgIpc) is 2.23. The molecule has 4 heteroatoms. The van der Waals surface area contributed by atoms with Gasteiger partial charge in [-0.15, -0.1) is 6.42 Å². The maximum atomic E-state index is 12.0. The molecule has 0 saturated carbocycles. The van der Waals surface area contributed by atoms with E-state index in [1.165, 1.54) is 4.90 Å². The Hall–Kier alpha value is -2.02. The summed E-state index contributed by atoms with van der Waals surface area (Å²) in [7, 11) is 0. The summed E-state index contributed by atoms with van der Waals surface area (Å²) in [5.41, 5.74) is 0.256. The van der Waals surface area contributed by atoms with Crippen LogP contribution in [0.2, 0.25) is 0 Å². The number of aromatic nitrogens is 1. The van der Waals surface area contributed by atoms with Gasteiger partial charge in [0.25, 0.3) is 0 Å². The average molecular weight is 246 g/mol. The molecule has 0 radical (unpaired) electrons. The molecule has 1 amide bonds. The smallest absolute Gasteiger partial charge is 0.416 e. The molecule has 0 aliphatic carbocycles. The van der Waals surface area contributed by atoms with Crippen LogP contribution in [0.15, 0.2) is 18.2 Å². The number of rotatable bonds is 2. The van der Waals surface area contributed by atoms with Gasteiger partial charge < -0.3 is 4.74 Å². The fourth-order valence-electron chi connectivity index (χ4n) is 1.33. The van der Waals surface area contributed by atoms with Crippen molar-refractivity contribution in [3.8, 4) is 12.3 Å². The molecule has 0 fully saturated rings. The maximum absolute atomic E-state index is 12.0. The van der Waals surface area contributed by atoms with E-state index in [4.69, 9.17) is 11.2 Å². The van der Waals surface area contributed by atoms with E-state index in [1.807, 2.05) is 39.8 Å². The molecule has 0 aromatic carbocycles. The van der Waals surface area contributed by atoms with Gasteiger partial charge >= 0.3 is 6.09 Å². The number of hydrogen-bond donors (Lipinski definition) is 0. The number of carbonyl (C=O) groups is 1. The molecule has 0 spiro atoms. The summed E-state index contributed by atoms with van der Waals surface area (Å²) in [6, 6.07) is 5.41. The van der Waals surface area contributed by atoms with Crippen molar-refractivity contribution in [2.24, 2.45) is 0 Å². The molecule has 18 heavy (non-hydrogen) atoms. The highest BCUT2D eigenvalue weighted by molar-refractivity contribution is 5.87. The van der Waals surface area contributed by atoms with Crippen molar-refractivity contribution in [3.05, 3.63) is 23.9 Å². The van der Waals surface area contributed by atoms with Crippen molar-refractivity contribution in [1.29, 1.82) is 0 Å². The molecule has 1 heterocycles. The molecular weight excluding hydrogens is 228 g/mol. The largest absolute Gasteiger partial charge is 0.443 e. The molecule has 0 aliphatic rings. The predicted molar refractivity (Wildman–Crippen MR) is 71.4 cm³/mol. The van der Waals surface area contributed by atoms with Gasteiger partial charge in [0, 0.05) is 5.69 Å². The summed E-state index contributed by atoms with van der Waals surface area (Å²) in [6.45, 7) is 7.41. The summed E-state index contributed by atoms with van der Waals surface area (Å²) >= 11 is 0. The van der Waals surface area contributed by atoms with Crippen LogP contribution in [0.25, 0.3) is 0 Å². The van der Waals surface area contributed by atoms with E-state index >= 15 is 0 Å². The van der Waals surface area contributed by atoms with Gasteiger partial charge in [-0.2, -0.15) is 0 Å². The first-order chi connectivity index (χ1) is 8.33. The number of amides is 1. The highest BCUT2D eigenvalue weighted by Gasteiger charge is 2.23. The van der Waals surface area contributed by atoms with Crippen molar-refractivity contribution in [1.82, 2.24) is 4.98 Å². The Morgan fingerprint density at radius 2 is 2.17 bits per heavy atom. The molecule has 1 aromatic rings. The SMILES string of the molecule is C#CCN(C(=O)OC(C)(C)C)c1cccc(C)n1. The lowest BCUT2D eigenvalue weighted by Gasteiger charge is -2.25. The fraction of sp³-hybridized carbons (Fsp3) is 0.429. The number of hydrogen-bond acceptors (Lipinski definition) is 3. The second kappa shape index (κ2) is 5.54. The molecule has 1 rings (SSSR count). The minimum atomic E-state index is -0.562. The third-order valence-corrected chi connectivity index (χ3v) is 2.01. The van der Waals surface area contributed by atoms with Gasteiger partial charge in [0.15, 0.2) is 0 Å². The first kappa shape index (κ1) is 14.0. The van der Waals surface area contributed by atoms with Crippen molar-refractivity contribution < 1.29 is 9.53 Å². The lowest BCUT2D eigenvalue weighted by Crippen LogP contribution is -2.37. The number of aryl methyl sites for hydroxylation is 1. The van der Waals surface area contributed by atoms with E-state index < -0.39 is 11.7 Å². The minimum absolute atomic E-state index is 0.130. The third kappa shape index (κ3) is 4.10. The topological polar surface area (TPSA) is 42.4 Å². The van der Waals surface area contributed by atoms with Crippen LogP contribution in [0.1, 0.15) is 26.5 Å². The molecule has 0 bridgehead atoms. The van der Waals surface area contributed by atoms with E-state index in [0.29, 0.717) is 5.82 Å². The first-order valence-electron chi connectivity index (χ1n) is 5.71. The number of nitrogens with zero attached hydrogens (tertiary/aromatic N) is 2. The van der Waals surface area contributed by atoms with Crippen molar-refractivity contribution in [2.75, 3.05) is 11.4 Å². The zero-order valence-corrected chi connectivity index (χ0v) is 11.2.